The highest BCUT2D eigenvalue weighted by Gasteiger charge is 2.20. The van der Waals surface area contributed by atoms with Crippen LogP contribution in [0.25, 0.3) is 0 Å². The largest absolute Gasteiger partial charge is 0.446 e. The summed E-state index contributed by atoms with van der Waals surface area (Å²) in [6, 6.07) is 0. The van der Waals surface area contributed by atoms with E-state index in [1.807, 2.05) is 0 Å². The summed E-state index contributed by atoms with van der Waals surface area (Å²) in [6.45, 7) is 6.57. The smallest absolute Gasteiger partial charge is 0.307 e. The van der Waals surface area contributed by atoms with Crippen LogP contribution in [0.5, 0.6) is 0 Å². The van der Waals surface area contributed by atoms with E-state index >= 15 is 0 Å². The van der Waals surface area contributed by atoms with Crippen LogP contribution in [-0.4, -0.2) is 23.1 Å². The normalized spacial score (nSPS) is 11.1. The lowest BCUT2D eigenvalue weighted by atomic mass is 10.1. The molecule has 0 rings (SSSR count). The van der Waals surface area contributed by atoms with Crippen LogP contribution in [-0.2, 0) is 19.1 Å². The highest BCUT2D eigenvalue weighted by Crippen LogP contribution is 2.13. The minimum absolute atomic E-state index is 0.219. The summed E-state index contributed by atoms with van der Waals surface area (Å²) in [5.74, 6) is 4.01. The maximum Gasteiger partial charge on any atom is 0.307 e. The number of unbranched alkanes of at least 4 members (excludes halogenated alkanes) is 1. The molecule has 0 fully saturated rings. The number of rotatable bonds is 7. The molecule has 20 heavy (non-hydrogen) atoms. The van der Waals surface area contributed by atoms with Gasteiger partial charge in [-0.2, -0.15) is 0 Å². The Bertz CT molecular complexity index is 390. The van der Waals surface area contributed by atoms with E-state index in [4.69, 9.17) is 22.3 Å². The molecule has 0 amide bonds. The van der Waals surface area contributed by atoms with Gasteiger partial charge in [-0.1, -0.05) is 11.8 Å². The van der Waals surface area contributed by atoms with Gasteiger partial charge < -0.3 is 9.47 Å². The molecule has 0 N–H and O–H groups in total. The van der Waals surface area contributed by atoms with Crippen molar-refractivity contribution in [2.75, 3.05) is 0 Å². The summed E-state index contributed by atoms with van der Waals surface area (Å²) < 4.78 is 10.1. The SMILES string of the molecule is C#CC(C)(C)OC(=O)CCCCC(=O)OC(C)(C)C#C. The molecule has 4 nitrogen and oxygen atoms in total. The van der Waals surface area contributed by atoms with Crippen molar-refractivity contribution in [2.24, 2.45) is 0 Å². The van der Waals surface area contributed by atoms with Gasteiger partial charge in [0.1, 0.15) is 0 Å². The third kappa shape index (κ3) is 8.21. The van der Waals surface area contributed by atoms with Crippen molar-refractivity contribution in [1.29, 1.82) is 0 Å². The number of ether oxygens (including phenoxy) is 2. The zero-order valence-corrected chi connectivity index (χ0v) is 12.6. The summed E-state index contributed by atoms with van der Waals surface area (Å²) in [5.41, 5.74) is -1.79. The van der Waals surface area contributed by atoms with Crippen molar-refractivity contribution in [3.05, 3.63) is 0 Å². The van der Waals surface area contributed by atoms with Crippen molar-refractivity contribution < 1.29 is 19.1 Å². The van der Waals surface area contributed by atoms with Gasteiger partial charge in [-0.05, 0) is 40.5 Å². The first-order valence-electron chi connectivity index (χ1n) is 6.51. The lowest BCUT2D eigenvalue weighted by Crippen LogP contribution is -2.26. The molecule has 0 unspecified atom stereocenters. The molecule has 0 aromatic heterocycles. The summed E-state index contributed by atoms with van der Waals surface area (Å²) in [4.78, 5) is 23.0. The van der Waals surface area contributed by atoms with E-state index in [1.165, 1.54) is 0 Å². The lowest BCUT2D eigenvalue weighted by Gasteiger charge is -2.19. The molecule has 4 heteroatoms. The van der Waals surface area contributed by atoms with Gasteiger partial charge in [0.2, 0.25) is 0 Å². The number of hydrogen-bond donors (Lipinski definition) is 0. The summed E-state index contributed by atoms with van der Waals surface area (Å²) in [7, 11) is 0. The molecule has 0 bridgehead atoms. The molecule has 0 aromatic carbocycles. The van der Waals surface area contributed by atoms with E-state index in [2.05, 4.69) is 11.8 Å². The van der Waals surface area contributed by atoms with Gasteiger partial charge in [0.15, 0.2) is 11.2 Å². The van der Waals surface area contributed by atoms with E-state index in [0.29, 0.717) is 12.8 Å². The van der Waals surface area contributed by atoms with Gasteiger partial charge in [-0.25, -0.2) is 0 Å². The van der Waals surface area contributed by atoms with Gasteiger partial charge in [0, 0.05) is 12.8 Å². The number of hydrogen-bond acceptors (Lipinski definition) is 4. The van der Waals surface area contributed by atoms with Crippen LogP contribution < -0.4 is 0 Å². The Morgan fingerprint density at radius 2 is 1.15 bits per heavy atom. The van der Waals surface area contributed by atoms with Crippen LogP contribution in [0.1, 0.15) is 53.4 Å². The first kappa shape index (κ1) is 18.1. The molecular formula is C16H22O4. The Balaban J connectivity index is 3.89. The molecule has 0 saturated carbocycles. The number of carbonyl (C=O) groups is 2. The third-order valence-corrected chi connectivity index (χ3v) is 2.44. The molecule has 0 heterocycles. The number of terminal acetylenes is 2. The first-order valence-corrected chi connectivity index (χ1v) is 6.51. The van der Waals surface area contributed by atoms with Crippen molar-refractivity contribution in [2.45, 2.75) is 64.6 Å². The van der Waals surface area contributed by atoms with Crippen molar-refractivity contribution in [1.82, 2.24) is 0 Å². The fraction of sp³-hybridized carbons (Fsp3) is 0.625. The highest BCUT2D eigenvalue weighted by molar-refractivity contribution is 5.71. The van der Waals surface area contributed by atoms with Crippen LogP contribution in [0.15, 0.2) is 0 Å². The number of carbonyl (C=O) groups excluding carboxylic acids is 2. The second kappa shape index (κ2) is 7.60. The van der Waals surface area contributed by atoms with E-state index < -0.39 is 11.2 Å². The molecule has 0 aliphatic heterocycles. The standard InChI is InChI=1S/C16H22O4/c1-7-15(3,4)19-13(17)11-9-10-12-14(18)20-16(5,6)8-2/h1-2H,9-12H2,3-6H3. The Hall–Kier alpha value is -1.94. The maximum atomic E-state index is 11.5. The maximum absolute atomic E-state index is 11.5. The molecule has 0 aromatic rings. The Kier molecular flexibility index (Phi) is 6.86. The molecule has 0 spiro atoms. The molecule has 0 aliphatic rings. The Morgan fingerprint density at radius 3 is 1.40 bits per heavy atom. The molecule has 0 aliphatic carbocycles. The zero-order valence-electron chi connectivity index (χ0n) is 12.6. The van der Waals surface area contributed by atoms with Crippen molar-refractivity contribution >= 4 is 11.9 Å². The van der Waals surface area contributed by atoms with Crippen LogP contribution >= 0.6 is 0 Å². The molecule has 0 radical (unpaired) electrons. The van der Waals surface area contributed by atoms with Gasteiger partial charge in [-0.3, -0.25) is 9.59 Å². The Labute approximate surface area is 121 Å². The third-order valence-electron chi connectivity index (χ3n) is 2.44. The predicted octanol–water partition coefficient (Wildman–Crippen LogP) is 2.46. The first-order chi connectivity index (χ1) is 9.12. The summed E-state index contributed by atoms with van der Waals surface area (Å²) in [6.07, 6.45) is 11.9. The minimum atomic E-state index is -0.896. The predicted molar refractivity (Wildman–Crippen MR) is 76.5 cm³/mol. The summed E-state index contributed by atoms with van der Waals surface area (Å²) >= 11 is 0. The van der Waals surface area contributed by atoms with E-state index in [-0.39, 0.29) is 24.8 Å². The Morgan fingerprint density at radius 1 is 0.850 bits per heavy atom. The molecule has 110 valence electrons. The second-order valence-corrected chi connectivity index (χ2v) is 5.46. The van der Waals surface area contributed by atoms with E-state index in [9.17, 15) is 9.59 Å². The van der Waals surface area contributed by atoms with Gasteiger partial charge >= 0.3 is 11.9 Å². The monoisotopic (exact) mass is 278 g/mol. The second-order valence-electron chi connectivity index (χ2n) is 5.46. The summed E-state index contributed by atoms with van der Waals surface area (Å²) in [5, 5.41) is 0. The molecular weight excluding hydrogens is 256 g/mol. The molecule has 0 saturated heterocycles. The van der Waals surface area contributed by atoms with E-state index in [1.54, 1.807) is 27.7 Å². The number of esters is 2. The van der Waals surface area contributed by atoms with Crippen LogP contribution in [0.4, 0.5) is 0 Å². The van der Waals surface area contributed by atoms with Gasteiger partial charge in [0.05, 0.1) is 0 Å². The lowest BCUT2D eigenvalue weighted by molar-refractivity contribution is -0.154. The fourth-order valence-electron chi connectivity index (χ4n) is 1.27. The topological polar surface area (TPSA) is 52.6 Å². The van der Waals surface area contributed by atoms with Crippen LogP contribution in [0.2, 0.25) is 0 Å². The zero-order chi connectivity index (χ0) is 15.8. The van der Waals surface area contributed by atoms with Gasteiger partial charge in [0.25, 0.3) is 0 Å². The average molecular weight is 278 g/mol. The quantitative estimate of drug-likeness (QED) is 0.408. The minimum Gasteiger partial charge on any atom is -0.446 e. The highest BCUT2D eigenvalue weighted by atomic mass is 16.6. The van der Waals surface area contributed by atoms with Crippen LogP contribution in [0.3, 0.4) is 0 Å². The van der Waals surface area contributed by atoms with E-state index in [0.717, 1.165) is 0 Å². The van der Waals surface area contributed by atoms with Crippen LogP contribution in [0, 0.1) is 24.7 Å². The van der Waals surface area contributed by atoms with Crippen molar-refractivity contribution in [3.63, 3.8) is 0 Å². The fourth-order valence-corrected chi connectivity index (χ4v) is 1.27. The van der Waals surface area contributed by atoms with Gasteiger partial charge in [-0.15, -0.1) is 12.8 Å². The molecule has 0 atom stereocenters. The average Bonchev–Trinajstić information content (AvgIpc) is 2.33. The van der Waals surface area contributed by atoms with Crippen molar-refractivity contribution in [3.8, 4) is 24.7 Å².